The van der Waals surface area contributed by atoms with Gasteiger partial charge in [0, 0.05) is 6.42 Å². The van der Waals surface area contributed by atoms with Gasteiger partial charge in [-0.15, -0.1) is 0 Å². The third kappa shape index (κ3) is 6.56. The Morgan fingerprint density at radius 1 is 1.25 bits per heavy atom. The van der Waals surface area contributed by atoms with E-state index < -0.39 is 5.92 Å². The van der Waals surface area contributed by atoms with E-state index in [4.69, 9.17) is 0 Å². The molecular weight excluding hydrogens is 158 g/mol. The van der Waals surface area contributed by atoms with E-state index in [1.807, 2.05) is 6.92 Å². The lowest BCUT2D eigenvalue weighted by atomic mass is 9.93. The van der Waals surface area contributed by atoms with Crippen molar-refractivity contribution >= 4 is 0 Å². The molecule has 2 heteroatoms. The summed E-state index contributed by atoms with van der Waals surface area (Å²) < 4.78 is 25.2. The van der Waals surface area contributed by atoms with E-state index in [0.29, 0.717) is 0 Å². The molecule has 0 aromatic rings. The molecule has 0 rings (SSSR count). The lowest BCUT2D eigenvalue weighted by Gasteiger charge is -2.18. The van der Waals surface area contributed by atoms with E-state index in [1.54, 1.807) is 0 Å². The number of unbranched alkanes of at least 4 members (excludes halogenated alkanes) is 1. The van der Waals surface area contributed by atoms with Crippen LogP contribution in [0.4, 0.5) is 8.78 Å². The molecule has 0 nitrogen and oxygen atoms in total. The average Bonchev–Trinajstić information content (AvgIpc) is 1.95. The summed E-state index contributed by atoms with van der Waals surface area (Å²) in [6.45, 7) is 5.10. The summed E-state index contributed by atoms with van der Waals surface area (Å²) in [4.78, 5) is 0. The van der Waals surface area contributed by atoms with Gasteiger partial charge in [0.1, 0.15) is 0 Å². The minimum atomic E-state index is -2.48. The Bertz CT molecular complexity index is 105. The largest absolute Gasteiger partial charge is 0.245 e. The number of rotatable bonds is 6. The first-order valence-electron chi connectivity index (χ1n) is 4.87. The van der Waals surface area contributed by atoms with Crippen molar-refractivity contribution in [2.24, 2.45) is 5.92 Å². The highest BCUT2D eigenvalue weighted by Gasteiger charge is 2.25. The van der Waals surface area contributed by atoms with Crippen molar-refractivity contribution in [3.8, 4) is 0 Å². The Morgan fingerprint density at radius 2 is 1.83 bits per heavy atom. The fraction of sp³-hybridized carbons (Fsp3) is 1.00. The van der Waals surface area contributed by atoms with Gasteiger partial charge >= 0.3 is 0 Å². The molecule has 12 heavy (non-hydrogen) atoms. The lowest BCUT2D eigenvalue weighted by Crippen LogP contribution is -2.16. The third-order valence-electron chi connectivity index (χ3n) is 2.19. The highest BCUT2D eigenvalue weighted by atomic mass is 19.3. The summed E-state index contributed by atoms with van der Waals surface area (Å²) in [6.07, 6.45) is 4.07. The van der Waals surface area contributed by atoms with Gasteiger partial charge in [-0.1, -0.05) is 39.5 Å². The molecule has 0 saturated heterocycles. The van der Waals surface area contributed by atoms with Crippen molar-refractivity contribution in [2.45, 2.75) is 58.8 Å². The van der Waals surface area contributed by atoms with Crippen molar-refractivity contribution in [2.75, 3.05) is 0 Å². The zero-order valence-corrected chi connectivity index (χ0v) is 8.37. The van der Waals surface area contributed by atoms with E-state index in [2.05, 4.69) is 6.92 Å². The molecule has 0 aliphatic rings. The van der Waals surface area contributed by atoms with Gasteiger partial charge < -0.3 is 0 Å². The van der Waals surface area contributed by atoms with Gasteiger partial charge in [0.05, 0.1) is 0 Å². The summed E-state index contributed by atoms with van der Waals surface area (Å²) in [5.41, 5.74) is 0. The van der Waals surface area contributed by atoms with Crippen LogP contribution in [0.3, 0.4) is 0 Å². The van der Waals surface area contributed by atoms with Crippen LogP contribution >= 0.6 is 0 Å². The van der Waals surface area contributed by atoms with Crippen LogP contribution in [0.1, 0.15) is 52.9 Å². The summed E-state index contributed by atoms with van der Waals surface area (Å²) in [5.74, 6) is -2.26. The van der Waals surface area contributed by atoms with Crippen LogP contribution in [0.25, 0.3) is 0 Å². The quantitative estimate of drug-likeness (QED) is 0.570. The fourth-order valence-electron chi connectivity index (χ4n) is 1.45. The first-order valence-corrected chi connectivity index (χ1v) is 4.87. The van der Waals surface area contributed by atoms with Crippen LogP contribution in [0.5, 0.6) is 0 Å². The second-order valence-corrected chi connectivity index (χ2v) is 3.69. The van der Waals surface area contributed by atoms with Gasteiger partial charge in [-0.2, -0.15) is 0 Å². The average molecular weight is 178 g/mol. The van der Waals surface area contributed by atoms with Gasteiger partial charge in [-0.3, -0.25) is 0 Å². The molecule has 1 atom stereocenters. The molecule has 0 aliphatic carbocycles. The maximum Gasteiger partial charge on any atom is 0.245 e. The van der Waals surface area contributed by atoms with Crippen molar-refractivity contribution in [3.05, 3.63) is 0 Å². The van der Waals surface area contributed by atoms with Crippen molar-refractivity contribution in [1.29, 1.82) is 0 Å². The Labute approximate surface area is 74.4 Å². The van der Waals surface area contributed by atoms with Gasteiger partial charge in [-0.05, 0) is 12.8 Å². The number of alkyl halides is 2. The summed E-state index contributed by atoms with van der Waals surface area (Å²) in [7, 11) is 0. The second-order valence-electron chi connectivity index (χ2n) is 3.69. The zero-order chi connectivity index (χ0) is 9.61. The molecule has 1 unspecified atom stereocenters. The molecule has 0 heterocycles. The highest BCUT2D eigenvalue weighted by molar-refractivity contribution is 4.66. The minimum absolute atomic E-state index is 0.0590. The van der Waals surface area contributed by atoms with Crippen molar-refractivity contribution < 1.29 is 8.78 Å². The van der Waals surface area contributed by atoms with Gasteiger partial charge in [-0.25, -0.2) is 8.78 Å². The van der Waals surface area contributed by atoms with E-state index in [1.165, 1.54) is 0 Å². The number of halogens is 2. The van der Waals surface area contributed by atoms with Crippen LogP contribution in [-0.4, -0.2) is 5.92 Å². The normalized spacial score (nSPS) is 14.8. The standard InChI is InChI=1S/C10H20F2/c1-4-6-7-9(5-2)8-10(3,11)12/h9H,4-8H2,1-3H3. The first-order chi connectivity index (χ1) is 5.49. The number of hydrogen-bond donors (Lipinski definition) is 0. The van der Waals surface area contributed by atoms with E-state index in [-0.39, 0.29) is 12.3 Å². The van der Waals surface area contributed by atoms with Gasteiger partial charge in [0.2, 0.25) is 5.92 Å². The molecule has 0 N–H and O–H groups in total. The Hall–Kier alpha value is -0.140. The minimum Gasteiger partial charge on any atom is -0.207 e. The van der Waals surface area contributed by atoms with E-state index in [0.717, 1.165) is 32.6 Å². The maximum absolute atomic E-state index is 12.6. The Kier molecular flexibility index (Phi) is 5.43. The predicted octanol–water partition coefficient (Wildman–Crippen LogP) is 4.25. The molecule has 0 fully saturated rings. The molecule has 0 radical (unpaired) electrons. The zero-order valence-electron chi connectivity index (χ0n) is 8.37. The third-order valence-corrected chi connectivity index (χ3v) is 2.19. The molecule has 0 aliphatic heterocycles. The predicted molar refractivity (Wildman–Crippen MR) is 48.5 cm³/mol. The molecule has 0 saturated carbocycles. The van der Waals surface area contributed by atoms with Crippen LogP contribution in [0.15, 0.2) is 0 Å². The Morgan fingerprint density at radius 3 is 2.17 bits per heavy atom. The first kappa shape index (κ1) is 11.9. The van der Waals surface area contributed by atoms with Crippen LogP contribution in [0.2, 0.25) is 0 Å². The fourth-order valence-corrected chi connectivity index (χ4v) is 1.45. The summed E-state index contributed by atoms with van der Waals surface area (Å²) >= 11 is 0. The molecule has 0 aromatic heterocycles. The molecular formula is C10H20F2. The summed E-state index contributed by atoms with van der Waals surface area (Å²) in [6, 6.07) is 0. The van der Waals surface area contributed by atoms with Crippen LogP contribution in [0, 0.1) is 5.92 Å². The van der Waals surface area contributed by atoms with Crippen LogP contribution in [-0.2, 0) is 0 Å². The topological polar surface area (TPSA) is 0 Å². The van der Waals surface area contributed by atoms with Crippen LogP contribution < -0.4 is 0 Å². The smallest absolute Gasteiger partial charge is 0.207 e. The SMILES string of the molecule is CCCCC(CC)CC(C)(F)F. The molecule has 0 amide bonds. The van der Waals surface area contributed by atoms with Crippen molar-refractivity contribution in [1.82, 2.24) is 0 Å². The lowest BCUT2D eigenvalue weighted by molar-refractivity contribution is -0.00549. The van der Waals surface area contributed by atoms with Gasteiger partial charge in [0.25, 0.3) is 0 Å². The molecule has 0 spiro atoms. The van der Waals surface area contributed by atoms with Crippen molar-refractivity contribution in [3.63, 3.8) is 0 Å². The molecule has 0 bridgehead atoms. The maximum atomic E-state index is 12.6. The molecule has 0 aromatic carbocycles. The number of hydrogen-bond acceptors (Lipinski definition) is 0. The Balaban J connectivity index is 3.67. The van der Waals surface area contributed by atoms with E-state index >= 15 is 0 Å². The monoisotopic (exact) mass is 178 g/mol. The van der Waals surface area contributed by atoms with E-state index in [9.17, 15) is 8.78 Å². The second kappa shape index (κ2) is 5.50. The molecule has 74 valence electrons. The van der Waals surface area contributed by atoms with Gasteiger partial charge in [0.15, 0.2) is 0 Å². The summed E-state index contributed by atoms with van der Waals surface area (Å²) in [5, 5.41) is 0. The highest BCUT2D eigenvalue weighted by Crippen LogP contribution is 2.27.